The largest absolute Gasteiger partial charge is 0.497 e. The molecule has 1 N–H and O–H groups in total. The first-order valence-corrected chi connectivity index (χ1v) is 9.92. The smallest absolute Gasteiger partial charge is 0.137 e. The number of quaternary nitrogens is 1. The molecule has 1 saturated heterocycles. The van der Waals surface area contributed by atoms with E-state index in [9.17, 15) is 0 Å². The van der Waals surface area contributed by atoms with Crippen LogP contribution < -0.4 is 15.0 Å². The molecular weight excluding hydrogens is 352 g/mol. The highest BCUT2D eigenvalue weighted by Crippen LogP contribution is 2.24. The van der Waals surface area contributed by atoms with Gasteiger partial charge in [-0.3, -0.25) is 4.99 Å². The molecule has 0 saturated carbocycles. The third-order valence-corrected chi connectivity index (χ3v) is 5.18. The van der Waals surface area contributed by atoms with Crippen LogP contribution in [-0.2, 0) is 4.74 Å². The Morgan fingerprint density at radius 2 is 1.86 bits per heavy atom. The summed E-state index contributed by atoms with van der Waals surface area (Å²) in [5, 5.41) is 1.94. The van der Waals surface area contributed by atoms with Crippen molar-refractivity contribution in [2.45, 2.75) is 6.42 Å². The number of methoxy groups -OCH3 is 1. The van der Waals surface area contributed by atoms with Gasteiger partial charge in [0.05, 0.1) is 32.2 Å². The molecule has 1 aliphatic heterocycles. The van der Waals surface area contributed by atoms with Crippen LogP contribution in [0.1, 0.15) is 6.42 Å². The van der Waals surface area contributed by atoms with E-state index >= 15 is 0 Å². The number of benzene rings is 2. The maximum absolute atomic E-state index is 6.16. The highest BCUT2D eigenvalue weighted by atomic mass is 16.5. The third kappa shape index (κ3) is 4.43. The molecule has 5 heteroatoms. The van der Waals surface area contributed by atoms with Crippen LogP contribution in [-0.4, -0.2) is 46.5 Å². The predicted octanol–water partition coefficient (Wildman–Crippen LogP) is 2.31. The monoisotopic (exact) mass is 379 g/mol. The number of nitrogens with one attached hydrogen (secondary N) is 1. The molecule has 0 radical (unpaired) electrons. The third-order valence-electron chi connectivity index (χ3n) is 5.18. The lowest BCUT2D eigenvalue weighted by molar-refractivity contribution is -0.908. The van der Waals surface area contributed by atoms with Gasteiger partial charge in [0, 0.05) is 30.0 Å². The molecule has 0 amide bonds. The van der Waals surface area contributed by atoms with Gasteiger partial charge in [0.15, 0.2) is 0 Å². The average molecular weight is 379 g/mol. The molecule has 0 spiro atoms. The van der Waals surface area contributed by atoms with E-state index < -0.39 is 0 Å². The Hall–Kier alpha value is -2.63. The summed E-state index contributed by atoms with van der Waals surface area (Å²) in [5.74, 6) is 1.64. The summed E-state index contributed by atoms with van der Waals surface area (Å²) in [6.45, 7) is 5.88. The van der Waals surface area contributed by atoms with E-state index in [-0.39, 0.29) is 0 Å². The fourth-order valence-electron chi connectivity index (χ4n) is 3.59. The van der Waals surface area contributed by atoms with Crippen LogP contribution in [0.4, 0.5) is 0 Å². The standard InChI is InChI=1S/C23H26N2O3/c1-26-19-8-9-22-20(16-19)21(17-23(28-22)18-6-3-2-4-7-18)24-10-5-11-25-12-14-27-15-13-25/h2-4,6-9,16-17H,5,10-15H2,1H3/p+1. The van der Waals surface area contributed by atoms with Crippen molar-refractivity contribution in [1.29, 1.82) is 0 Å². The van der Waals surface area contributed by atoms with Crippen LogP contribution in [0.3, 0.4) is 0 Å². The molecule has 0 bridgehead atoms. The van der Waals surface area contributed by atoms with Crippen molar-refractivity contribution >= 4 is 11.0 Å². The molecule has 4 rings (SSSR count). The predicted molar refractivity (Wildman–Crippen MR) is 110 cm³/mol. The minimum Gasteiger partial charge on any atom is -0.497 e. The lowest BCUT2D eigenvalue weighted by atomic mass is 10.1. The first-order chi connectivity index (χ1) is 13.8. The van der Waals surface area contributed by atoms with Crippen LogP contribution in [0, 0.1) is 0 Å². The number of morpholine rings is 1. The molecule has 3 aromatic rings. The van der Waals surface area contributed by atoms with E-state index in [1.165, 1.54) is 0 Å². The fraction of sp³-hybridized carbons (Fsp3) is 0.348. The van der Waals surface area contributed by atoms with Gasteiger partial charge in [0.25, 0.3) is 0 Å². The zero-order valence-electron chi connectivity index (χ0n) is 16.3. The van der Waals surface area contributed by atoms with Gasteiger partial charge < -0.3 is 18.8 Å². The molecule has 0 unspecified atom stereocenters. The van der Waals surface area contributed by atoms with Gasteiger partial charge in [-0.05, 0) is 18.2 Å². The molecule has 0 atom stereocenters. The first kappa shape index (κ1) is 18.7. The molecule has 1 aromatic heterocycles. The van der Waals surface area contributed by atoms with E-state index in [2.05, 4.69) is 12.1 Å². The molecular formula is C23H27N2O3+. The molecule has 1 fully saturated rings. The van der Waals surface area contributed by atoms with Crippen molar-refractivity contribution in [3.8, 4) is 17.1 Å². The molecule has 2 aromatic carbocycles. The highest BCUT2D eigenvalue weighted by molar-refractivity contribution is 5.80. The van der Waals surface area contributed by atoms with E-state index in [1.807, 2.05) is 42.5 Å². The van der Waals surface area contributed by atoms with Gasteiger partial charge in [-0.25, -0.2) is 0 Å². The Kier molecular flexibility index (Phi) is 6.04. The Labute approximate surface area is 165 Å². The quantitative estimate of drug-likeness (QED) is 0.669. The SMILES string of the molecule is COc1ccc2oc(-c3ccccc3)cc(=NCCC[NH+]3CCOCC3)c2c1. The summed E-state index contributed by atoms with van der Waals surface area (Å²) in [4.78, 5) is 6.53. The summed E-state index contributed by atoms with van der Waals surface area (Å²) in [7, 11) is 1.68. The number of hydrogen-bond acceptors (Lipinski definition) is 4. The zero-order valence-corrected chi connectivity index (χ0v) is 16.3. The van der Waals surface area contributed by atoms with Crippen molar-refractivity contribution < 1.29 is 18.8 Å². The second-order valence-electron chi connectivity index (χ2n) is 7.07. The van der Waals surface area contributed by atoms with Crippen LogP contribution in [0.5, 0.6) is 5.75 Å². The van der Waals surface area contributed by atoms with Crippen LogP contribution in [0.2, 0.25) is 0 Å². The summed E-state index contributed by atoms with van der Waals surface area (Å²) >= 11 is 0. The van der Waals surface area contributed by atoms with E-state index in [1.54, 1.807) is 12.0 Å². The molecule has 1 aliphatic rings. The minimum atomic E-state index is 0.801. The molecule has 28 heavy (non-hydrogen) atoms. The van der Waals surface area contributed by atoms with Crippen molar-refractivity contribution in [3.05, 3.63) is 60.0 Å². The molecule has 0 aliphatic carbocycles. The minimum absolute atomic E-state index is 0.801. The summed E-state index contributed by atoms with van der Waals surface area (Å²) in [5.41, 5.74) is 1.87. The molecule has 5 nitrogen and oxygen atoms in total. The van der Waals surface area contributed by atoms with Crippen molar-refractivity contribution in [2.24, 2.45) is 4.99 Å². The zero-order chi connectivity index (χ0) is 19.2. The Bertz CT molecular complexity index is 976. The summed E-state index contributed by atoms with van der Waals surface area (Å²) in [6, 6.07) is 18.1. The summed E-state index contributed by atoms with van der Waals surface area (Å²) < 4.78 is 17.0. The van der Waals surface area contributed by atoms with Crippen LogP contribution in [0.25, 0.3) is 22.3 Å². The van der Waals surface area contributed by atoms with Crippen LogP contribution in [0.15, 0.2) is 64.0 Å². The topological polar surface area (TPSA) is 48.4 Å². The number of nitrogens with zero attached hydrogens (tertiary/aromatic N) is 1. The Morgan fingerprint density at radius 3 is 2.64 bits per heavy atom. The van der Waals surface area contributed by atoms with Gasteiger partial charge in [-0.1, -0.05) is 30.3 Å². The van der Waals surface area contributed by atoms with Gasteiger partial charge in [-0.2, -0.15) is 0 Å². The first-order valence-electron chi connectivity index (χ1n) is 9.92. The molecule has 146 valence electrons. The van der Waals surface area contributed by atoms with Crippen LogP contribution >= 0.6 is 0 Å². The second kappa shape index (κ2) is 9.04. The van der Waals surface area contributed by atoms with Crippen molar-refractivity contribution in [3.63, 3.8) is 0 Å². The number of fused-ring (bicyclic) bond motifs is 1. The number of rotatable bonds is 6. The van der Waals surface area contributed by atoms with Gasteiger partial charge in [0.2, 0.25) is 0 Å². The number of hydrogen-bond donors (Lipinski definition) is 1. The maximum Gasteiger partial charge on any atom is 0.137 e. The van der Waals surface area contributed by atoms with Gasteiger partial charge in [-0.15, -0.1) is 0 Å². The fourth-order valence-corrected chi connectivity index (χ4v) is 3.59. The lowest BCUT2D eigenvalue weighted by Crippen LogP contribution is -3.14. The van der Waals surface area contributed by atoms with Gasteiger partial charge >= 0.3 is 0 Å². The normalized spacial score (nSPS) is 15.8. The lowest BCUT2D eigenvalue weighted by Gasteiger charge is -2.23. The van der Waals surface area contributed by atoms with E-state index in [0.29, 0.717) is 0 Å². The average Bonchev–Trinajstić information content (AvgIpc) is 2.77. The van der Waals surface area contributed by atoms with E-state index in [0.717, 1.165) is 79.2 Å². The maximum atomic E-state index is 6.16. The second-order valence-corrected chi connectivity index (χ2v) is 7.07. The highest BCUT2D eigenvalue weighted by Gasteiger charge is 2.12. The molecule has 2 heterocycles. The van der Waals surface area contributed by atoms with Crippen molar-refractivity contribution in [2.75, 3.05) is 46.5 Å². The van der Waals surface area contributed by atoms with Crippen molar-refractivity contribution in [1.82, 2.24) is 0 Å². The number of ether oxygens (including phenoxy) is 2. The van der Waals surface area contributed by atoms with Gasteiger partial charge in [0.1, 0.15) is 30.2 Å². The Balaban J connectivity index is 1.63. The van der Waals surface area contributed by atoms with E-state index in [4.69, 9.17) is 18.9 Å². The Morgan fingerprint density at radius 1 is 1.04 bits per heavy atom. The summed E-state index contributed by atoms with van der Waals surface area (Å²) in [6.07, 6.45) is 1.06.